The van der Waals surface area contributed by atoms with Gasteiger partial charge in [-0.05, 0) is 50.1 Å². The van der Waals surface area contributed by atoms with Gasteiger partial charge in [0, 0.05) is 21.1 Å². The third-order valence-corrected chi connectivity index (χ3v) is 3.93. The Morgan fingerprint density at radius 1 is 1.00 bits per heavy atom. The zero-order chi connectivity index (χ0) is 14.5. The molecule has 6 heteroatoms. The van der Waals surface area contributed by atoms with E-state index in [0.717, 1.165) is 14.6 Å². The molecule has 0 bridgehead atoms. The van der Waals surface area contributed by atoms with E-state index in [9.17, 15) is 8.78 Å². The lowest BCUT2D eigenvalue weighted by Crippen LogP contribution is -2.07. The predicted molar refractivity (Wildman–Crippen MR) is 82.2 cm³/mol. The first-order valence-electron chi connectivity index (χ1n) is 5.78. The molecular formula is C14H11Br2F2NO. The summed E-state index contributed by atoms with van der Waals surface area (Å²) in [5.74, 6) is 0.179. The minimum Gasteiger partial charge on any atom is -0.434 e. The molecule has 0 saturated heterocycles. The summed E-state index contributed by atoms with van der Waals surface area (Å²) in [7, 11) is 0. The first-order valence-corrected chi connectivity index (χ1v) is 7.37. The Hall–Kier alpha value is -1.14. The van der Waals surface area contributed by atoms with Crippen molar-refractivity contribution in [1.82, 2.24) is 0 Å². The molecule has 0 aliphatic rings. The van der Waals surface area contributed by atoms with Crippen LogP contribution >= 0.6 is 31.9 Å². The average molecular weight is 407 g/mol. The SMILES string of the molecule is FC(F)Oc1ccccc1CNc1c(Br)cccc1Br. The van der Waals surface area contributed by atoms with Crippen LogP contribution in [0, 0.1) is 0 Å². The highest BCUT2D eigenvalue weighted by Gasteiger charge is 2.10. The molecule has 20 heavy (non-hydrogen) atoms. The number of rotatable bonds is 5. The molecule has 0 aromatic heterocycles. The maximum Gasteiger partial charge on any atom is 0.387 e. The molecule has 2 rings (SSSR count). The Balaban J connectivity index is 2.15. The Labute approximate surface area is 132 Å². The normalized spacial score (nSPS) is 10.7. The highest BCUT2D eigenvalue weighted by Crippen LogP contribution is 2.31. The number of anilines is 1. The van der Waals surface area contributed by atoms with Crippen LogP contribution in [0.25, 0.3) is 0 Å². The van der Waals surface area contributed by atoms with Crippen LogP contribution in [0.5, 0.6) is 5.75 Å². The Kier molecular flexibility index (Phi) is 5.37. The van der Waals surface area contributed by atoms with Crippen molar-refractivity contribution in [2.24, 2.45) is 0 Å². The van der Waals surface area contributed by atoms with E-state index in [4.69, 9.17) is 0 Å². The van der Waals surface area contributed by atoms with Gasteiger partial charge in [0.25, 0.3) is 0 Å². The van der Waals surface area contributed by atoms with Crippen molar-refractivity contribution in [2.75, 3.05) is 5.32 Å². The van der Waals surface area contributed by atoms with Gasteiger partial charge in [0.1, 0.15) is 5.75 Å². The van der Waals surface area contributed by atoms with E-state index in [1.807, 2.05) is 18.2 Å². The van der Waals surface area contributed by atoms with Crippen molar-refractivity contribution in [1.29, 1.82) is 0 Å². The molecule has 2 nitrogen and oxygen atoms in total. The lowest BCUT2D eigenvalue weighted by molar-refractivity contribution is -0.0504. The van der Waals surface area contributed by atoms with Gasteiger partial charge in [-0.15, -0.1) is 0 Å². The first-order chi connectivity index (χ1) is 9.58. The molecule has 0 atom stereocenters. The molecule has 2 aromatic carbocycles. The fourth-order valence-corrected chi connectivity index (χ4v) is 2.99. The van der Waals surface area contributed by atoms with Gasteiger partial charge in [-0.1, -0.05) is 24.3 Å². The molecule has 0 heterocycles. The van der Waals surface area contributed by atoms with Crippen LogP contribution in [0.1, 0.15) is 5.56 Å². The van der Waals surface area contributed by atoms with Gasteiger partial charge >= 0.3 is 6.61 Å². The van der Waals surface area contributed by atoms with Crippen molar-refractivity contribution in [3.8, 4) is 5.75 Å². The van der Waals surface area contributed by atoms with Gasteiger partial charge in [-0.3, -0.25) is 0 Å². The van der Waals surface area contributed by atoms with E-state index in [0.29, 0.717) is 12.1 Å². The van der Waals surface area contributed by atoms with Crippen LogP contribution in [-0.4, -0.2) is 6.61 Å². The number of alkyl halides is 2. The van der Waals surface area contributed by atoms with Gasteiger partial charge in [-0.2, -0.15) is 8.78 Å². The predicted octanol–water partition coefficient (Wildman–Crippen LogP) is 5.43. The minimum atomic E-state index is -2.83. The Morgan fingerprint density at radius 2 is 1.65 bits per heavy atom. The molecule has 106 valence electrons. The summed E-state index contributed by atoms with van der Waals surface area (Å²) in [6, 6.07) is 12.4. The fourth-order valence-electron chi connectivity index (χ4n) is 1.71. The average Bonchev–Trinajstić information content (AvgIpc) is 2.39. The smallest absolute Gasteiger partial charge is 0.387 e. The quantitative estimate of drug-likeness (QED) is 0.715. The van der Waals surface area contributed by atoms with E-state index in [1.165, 1.54) is 6.07 Å². The molecule has 0 fully saturated rings. The molecular weight excluding hydrogens is 396 g/mol. The summed E-state index contributed by atoms with van der Waals surface area (Å²) in [6.07, 6.45) is 0. The van der Waals surface area contributed by atoms with E-state index >= 15 is 0 Å². The molecule has 0 amide bonds. The lowest BCUT2D eigenvalue weighted by atomic mass is 10.2. The minimum absolute atomic E-state index is 0.179. The molecule has 0 spiro atoms. The monoisotopic (exact) mass is 405 g/mol. The van der Waals surface area contributed by atoms with Crippen molar-refractivity contribution in [2.45, 2.75) is 13.2 Å². The third-order valence-electron chi connectivity index (χ3n) is 2.61. The summed E-state index contributed by atoms with van der Waals surface area (Å²) >= 11 is 6.87. The first kappa shape index (κ1) is 15.3. The lowest BCUT2D eigenvalue weighted by Gasteiger charge is -2.14. The molecule has 1 N–H and O–H groups in total. The van der Waals surface area contributed by atoms with Crippen molar-refractivity contribution in [3.63, 3.8) is 0 Å². The summed E-state index contributed by atoms with van der Waals surface area (Å²) in [4.78, 5) is 0. The number of hydrogen-bond acceptors (Lipinski definition) is 2. The van der Waals surface area contributed by atoms with Crippen LogP contribution in [0.3, 0.4) is 0 Å². The molecule has 2 aromatic rings. The van der Waals surface area contributed by atoms with Crippen LogP contribution < -0.4 is 10.1 Å². The number of hydrogen-bond donors (Lipinski definition) is 1. The Bertz CT molecular complexity index is 573. The largest absolute Gasteiger partial charge is 0.434 e. The number of benzene rings is 2. The zero-order valence-corrected chi connectivity index (χ0v) is 13.4. The van der Waals surface area contributed by atoms with E-state index in [1.54, 1.807) is 18.2 Å². The zero-order valence-electron chi connectivity index (χ0n) is 10.2. The van der Waals surface area contributed by atoms with Crippen LogP contribution in [-0.2, 0) is 6.54 Å². The van der Waals surface area contributed by atoms with Crippen molar-refractivity contribution < 1.29 is 13.5 Å². The number of ether oxygens (including phenoxy) is 1. The third kappa shape index (κ3) is 3.93. The summed E-state index contributed by atoms with van der Waals surface area (Å²) in [5, 5.41) is 3.19. The van der Waals surface area contributed by atoms with Crippen LogP contribution in [0.2, 0.25) is 0 Å². The van der Waals surface area contributed by atoms with Gasteiger partial charge < -0.3 is 10.1 Å². The second kappa shape index (κ2) is 7.04. The summed E-state index contributed by atoms with van der Waals surface area (Å²) in [5.41, 5.74) is 1.52. The van der Waals surface area contributed by atoms with Crippen LogP contribution in [0.15, 0.2) is 51.4 Å². The van der Waals surface area contributed by atoms with Gasteiger partial charge in [0.15, 0.2) is 0 Å². The molecule has 0 unspecified atom stereocenters. The molecule has 0 radical (unpaired) electrons. The molecule has 0 aliphatic heterocycles. The van der Waals surface area contributed by atoms with E-state index < -0.39 is 6.61 Å². The van der Waals surface area contributed by atoms with Gasteiger partial charge in [-0.25, -0.2) is 0 Å². The summed E-state index contributed by atoms with van der Waals surface area (Å²) < 4.78 is 30.9. The summed E-state index contributed by atoms with van der Waals surface area (Å²) in [6.45, 7) is -2.45. The van der Waals surface area contributed by atoms with E-state index in [2.05, 4.69) is 41.9 Å². The number of nitrogens with one attached hydrogen (secondary N) is 1. The molecule has 0 saturated carbocycles. The second-order valence-electron chi connectivity index (χ2n) is 3.94. The van der Waals surface area contributed by atoms with Crippen molar-refractivity contribution in [3.05, 3.63) is 57.0 Å². The standard InChI is InChI=1S/C14H11Br2F2NO/c15-10-5-3-6-11(16)13(10)19-8-9-4-1-2-7-12(9)20-14(17)18/h1-7,14,19H,8H2. The fraction of sp³-hybridized carbons (Fsp3) is 0.143. The Morgan fingerprint density at radius 3 is 2.30 bits per heavy atom. The second-order valence-corrected chi connectivity index (χ2v) is 5.65. The van der Waals surface area contributed by atoms with Gasteiger partial charge in [0.05, 0.1) is 5.69 Å². The molecule has 0 aliphatic carbocycles. The van der Waals surface area contributed by atoms with E-state index in [-0.39, 0.29) is 5.75 Å². The maximum absolute atomic E-state index is 12.3. The maximum atomic E-state index is 12.3. The van der Waals surface area contributed by atoms with Gasteiger partial charge in [0.2, 0.25) is 0 Å². The van der Waals surface area contributed by atoms with Crippen LogP contribution in [0.4, 0.5) is 14.5 Å². The number of halogens is 4. The number of para-hydroxylation sites is 2. The highest BCUT2D eigenvalue weighted by molar-refractivity contribution is 9.11. The van der Waals surface area contributed by atoms with Crippen molar-refractivity contribution >= 4 is 37.5 Å². The highest BCUT2D eigenvalue weighted by atomic mass is 79.9. The topological polar surface area (TPSA) is 21.3 Å².